The molecule has 1 amide bonds. The van der Waals surface area contributed by atoms with Crippen molar-refractivity contribution in [2.45, 2.75) is 19.8 Å². The molecule has 1 saturated heterocycles. The fourth-order valence-electron chi connectivity index (χ4n) is 1.61. The third-order valence-electron chi connectivity index (χ3n) is 2.71. The average Bonchev–Trinajstić information content (AvgIpc) is 2.78. The van der Waals surface area contributed by atoms with E-state index in [0.29, 0.717) is 30.4 Å². The second-order valence-electron chi connectivity index (χ2n) is 4.34. The Hall–Kier alpha value is -1.24. The fraction of sp³-hybridized carbons (Fsp3) is 0.700. The predicted octanol–water partition coefficient (Wildman–Crippen LogP) is 0.133. The normalized spacial score (nSPS) is 17.7. The number of amides is 1. The SMILES string of the molecule is CC(C)c1nc(C(=O)N2CCS(=O)CC2)n[nH]1. The topological polar surface area (TPSA) is 79.0 Å². The highest BCUT2D eigenvalue weighted by Crippen LogP contribution is 2.10. The van der Waals surface area contributed by atoms with Crippen LogP contribution in [0.1, 0.15) is 36.2 Å². The van der Waals surface area contributed by atoms with Gasteiger partial charge in [-0.15, -0.1) is 5.10 Å². The van der Waals surface area contributed by atoms with Gasteiger partial charge < -0.3 is 4.90 Å². The number of hydrogen-bond acceptors (Lipinski definition) is 4. The second kappa shape index (κ2) is 4.95. The Morgan fingerprint density at radius 2 is 2.06 bits per heavy atom. The monoisotopic (exact) mass is 256 g/mol. The van der Waals surface area contributed by atoms with Gasteiger partial charge in [0.25, 0.3) is 5.91 Å². The molecule has 1 aliphatic heterocycles. The summed E-state index contributed by atoms with van der Waals surface area (Å²) in [5, 5.41) is 6.69. The second-order valence-corrected chi connectivity index (χ2v) is 6.04. The maximum absolute atomic E-state index is 12.0. The van der Waals surface area contributed by atoms with Crippen LogP contribution in [0.3, 0.4) is 0 Å². The zero-order chi connectivity index (χ0) is 12.4. The number of H-pyrrole nitrogens is 1. The molecule has 0 aliphatic carbocycles. The summed E-state index contributed by atoms with van der Waals surface area (Å²) < 4.78 is 11.2. The minimum atomic E-state index is -0.778. The Labute approximate surface area is 102 Å². The van der Waals surface area contributed by atoms with Crippen LogP contribution in [0.5, 0.6) is 0 Å². The summed E-state index contributed by atoms with van der Waals surface area (Å²) in [7, 11) is -0.778. The van der Waals surface area contributed by atoms with Crippen LogP contribution in [0, 0.1) is 0 Å². The molecule has 1 aromatic heterocycles. The molecule has 7 heteroatoms. The van der Waals surface area contributed by atoms with Crippen LogP contribution >= 0.6 is 0 Å². The van der Waals surface area contributed by atoms with Crippen molar-refractivity contribution in [2.75, 3.05) is 24.6 Å². The van der Waals surface area contributed by atoms with E-state index in [0.717, 1.165) is 0 Å². The molecule has 0 bridgehead atoms. The molecule has 94 valence electrons. The molecule has 0 aromatic carbocycles. The average molecular weight is 256 g/mol. The molecule has 0 atom stereocenters. The van der Waals surface area contributed by atoms with E-state index in [-0.39, 0.29) is 17.6 Å². The van der Waals surface area contributed by atoms with Crippen LogP contribution in [0.15, 0.2) is 0 Å². The van der Waals surface area contributed by atoms with Gasteiger partial charge in [-0.2, -0.15) is 0 Å². The summed E-state index contributed by atoms with van der Waals surface area (Å²) in [6.45, 7) is 5.02. The summed E-state index contributed by atoms with van der Waals surface area (Å²) in [6.07, 6.45) is 0. The molecule has 2 heterocycles. The molecular formula is C10H16N4O2S. The lowest BCUT2D eigenvalue weighted by Gasteiger charge is -2.24. The van der Waals surface area contributed by atoms with Crippen LogP contribution < -0.4 is 0 Å². The highest BCUT2D eigenvalue weighted by atomic mass is 32.2. The van der Waals surface area contributed by atoms with Crippen molar-refractivity contribution in [2.24, 2.45) is 0 Å². The first kappa shape index (κ1) is 12.2. The summed E-state index contributed by atoms with van der Waals surface area (Å²) in [5.41, 5.74) is 0. The van der Waals surface area contributed by atoms with E-state index in [9.17, 15) is 9.00 Å². The van der Waals surface area contributed by atoms with Crippen molar-refractivity contribution >= 4 is 16.7 Å². The van der Waals surface area contributed by atoms with E-state index < -0.39 is 10.8 Å². The van der Waals surface area contributed by atoms with Crippen molar-refractivity contribution in [3.63, 3.8) is 0 Å². The predicted molar refractivity (Wildman–Crippen MR) is 64.3 cm³/mol. The van der Waals surface area contributed by atoms with Crippen LogP contribution in [0.2, 0.25) is 0 Å². The Morgan fingerprint density at radius 3 is 2.59 bits per heavy atom. The maximum atomic E-state index is 12.0. The van der Waals surface area contributed by atoms with Gasteiger partial charge in [-0.1, -0.05) is 13.8 Å². The minimum absolute atomic E-state index is 0.176. The van der Waals surface area contributed by atoms with Crippen molar-refractivity contribution < 1.29 is 9.00 Å². The lowest BCUT2D eigenvalue weighted by atomic mass is 10.2. The van der Waals surface area contributed by atoms with E-state index in [1.807, 2.05) is 13.8 Å². The number of hydrogen-bond donors (Lipinski definition) is 1. The van der Waals surface area contributed by atoms with E-state index in [1.165, 1.54) is 0 Å². The molecule has 0 radical (unpaired) electrons. The number of carbonyl (C=O) groups excluding carboxylic acids is 1. The molecule has 1 aromatic rings. The van der Waals surface area contributed by atoms with E-state index >= 15 is 0 Å². The highest BCUT2D eigenvalue weighted by Gasteiger charge is 2.24. The van der Waals surface area contributed by atoms with Gasteiger partial charge in [0.2, 0.25) is 5.82 Å². The van der Waals surface area contributed by atoms with Crippen LogP contribution in [-0.2, 0) is 10.8 Å². The zero-order valence-corrected chi connectivity index (χ0v) is 10.8. The van der Waals surface area contributed by atoms with Crippen molar-refractivity contribution in [1.82, 2.24) is 20.1 Å². The first-order chi connectivity index (χ1) is 8.08. The number of nitrogens with zero attached hydrogens (tertiary/aromatic N) is 3. The number of rotatable bonds is 2. The van der Waals surface area contributed by atoms with Crippen molar-refractivity contribution in [3.05, 3.63) is 11.6 Å². The fourth-order valence-corrected chi connectivity index (χ4v) is 2.66. The summed E-state index contributed by atoms with van der Waals surface area (Å²) in [5.74, 6) is 2.07. The first-order valence-electron chi connectivity index (χ1n) is 5.64. The molecule has 0 unspecified atom stereocenters. The summed E-state index contributed by atoms with van der Waals surface area (Å²) in [6, 6.07) is 0. The first-order valence-corrected chi connectivity index (χ1v) is 7.13. The molecular weight excluding hydrogens is 240 g/mol. The van der Waals surface area contributed by atoms with Gasteiger partial charge in [-0.25, -0.2) is 4.98 Å². The number of aromatic amines is 1. The lowest BCUT2D eigenvalue weighted by molar-refractivity contribution is 0.0759. The van der Waals surface area contributed by atoms with Crippen LogP contribution in [-0.4, -0.2) is 54.8 Å². The maximum Gasteiger partial charge on any atom is 0.293 e. The number of carbonyl (C=O) groups is 1. The van der Waals surface area contributed by atoms with Gasteiger partial charge in [-0.3, -0.25) is 14.1 Å². The van der Waals surface area contributed by atoms with E-state index in [1.54, 1.807) is 4.90 Å². The van der Waals surface area contributed by atoms with E-state index in [4.69, 9.17) is 0 Å². The van der Waals surface area contributed by atoms with Crippen LogP contribution in [0.4, 0.5) is 0 Å². The third-order valence-corrected chi connectivity index (χ3v) is 3.98. The van der Waals surface area contributed by atoms with Crippen molar-refractivity contribution in [1.29, 1.82) is 0 Å². The summed E-state index contributed by atoms with van der Waals surface area (Å²) in [4.78, 5) is 17.9. The molecule has 6 nitrogen and oxygen atoms in total. The highest BCUT2D eigenvalue weighted by molar-refractivity contribution is 7.85. The van der Waals surface area contributed by atoms with Gasteiger partial charge in [-0.05, 0) is 0 Å². The molecule has 0 saturated carbocycles. The standard InChI is InChI=1S/C10H16N4O2S/c1-7(2)8-11-9(13-12-8)10(15)14-3-5-17(16)6-4-14/h7H,3-6H2,1-2H3,(H,11,12,13). The number of nitrogens with one attached hydrogen (secondary N) is 1. The van der Waals surface area contributed by atoms with Gasteiger partial charge in [0.15, 0.2) is 0 Å². The number of aromatic nitrogens is 3. The smallest absolute Gasteiger partial charge is 0.293 e. The van der Waals surface area contributed by atoms with E-state index in [2.05, 4.69) is 15.2 Å². The quantitative estimate of drug-likeness (QED) is 0.816. The van der Waals surface area contributed by atoms with Gasteiger partial charge in [0, 0.05) is 41.3 Å². The third kappa shape index (κ3) is 2.71. The largest absolute Gasteiger partial charge is 0.334 e. The van der Waals surface area contributed by atoms with Crippen LogP contribution in [0.25, 0.3) is 0 Å². The zero-order valence-electron chi connectivity index (χ0n) is 9.97. The molecule has 1 N–H and O–H groups in total. The molecule has 1 fully saturated rings. The Balaban J connectivity index is 2.06. The molecule has 2 rings (SSSR count). The minimum Gasteiger partial charge on any atom is -0.334 e. The molecule has 17 heavy (non-hydrogen) atoms. The Bertz CT molecular complexity index is 433. The summed E-state index contributed by atoms with van der Waals surface area (Å²) >= 11 is 0. The Kier molecular flexibility index (Phi) is 3.56. The van der Waals surface area contributed by atoms with Gasteiger partial charge in [0.1, 0.15) is 5.82 Å². The van der Waals surface area contributed by atoms with Gasteiger partial charge >= 0.3 is 0 Å². The molecule has 1 aliphatic rings. The van der Waals surface area contributed by atoms with Crippen molar-refractivity contribution in [3.8, 4) is 0 Å². The van der Waals surface area contributed by atoms with Gasteiger partial charge in [0.05, 0.1) is 0 Å². The molecule has 0 spiro atoms. The Morgan fingerprint density at radius 1 is 1.41 bits per heavy atom. The lowest BCUT2D eigenvalue weighted by Crippen LogP contribution is -2.42.